The Balaban J connectivity index is 1.66. The van der Waals surface area contributed by atoms with Crippen LogP contribution in [0, 0.1) is 0 Å². The first-order valence-corrected chi connectivity index (χ1v) is 17.6. The molecule has 0 aliphatic carbocycles. The van der Waals surface area contributed by atoms with E-state index < -0.39 is 0 Å². The van der Waals surface area contributed by atoms with Crippen molar-refractivity contribution in [3.05, 3.63) is 107 Å². The predicted octanol–water partition coefficient (Wildman–Crippen LogP) is 12.4. The summed E-state index contributed by atoms with van der Waals surface area (Å²) in [6.45, 7) is 27.2. The molecule has 3 aromatic heterocycles. The van der Waals surface area contributed by atoms with Crippen LogP contribution in [0.2, 0.25) is 0 Å². The summed E-state index contributed by atoms with van der Waals surface area (Å²) in [4.78, 5) is 11.4. The maximum Gasteiger partial charge on any atom is 0.146 e. The molecule has 3 heterocycles. The zero-order valence-corrected chi connectivity index (χ0v) is 31.8. The molecular formula is C44H51N3S. The van der Waals surface area contributed by atoms with Crippen molar-refractivity contribution in [2.24, 2.45) is 0 Å². The molecule has 6 rings (SSSR count). The van der Waals surface area contributed by atoms with E-state index in [-0.39, 0.29) is 21.7 Å². The highest BCUT2D eigenvalue weighted by atomic mass is 32.1. The van der Waals surface area contributed by atoms with Gasteiger partial charge in [0.05, 0.1) is 16.9 Å². The van der Waals surface area contributed by atoms with Crippen LogP contribution >= 0.6 is 12.6 Å². The zero-order valence-electron chi connectivity index (χ0n) is 30.9. The molecular weight excluding hydrogens is 603 g/mol. The number of hydrogen-bond acceptors (Lipinski definition) is 3. The lowest BCUT2D eigenvalue weighted by Crippen LogP contribution is -2.17. The van der Waals surface area contributed by atoms with Gasteiger partial charge in [-0.15, -0.1) is 12.6 Å². The molecule has 0 N–H and O–H groups in total. The zero-order chi connectivity index (χ0) is 35.0. The van der Waals surface area contributed by atoms with E-state index in [1.807, 2.05) is 6.20 Å². The highest BCUT2D eigenvalue weighted by Crippen LogP contribution is 2.41. The first-order valence-electron chi connectivity index (χ1n) is 17.1. The average Bonchev–Trinajstić information content (AvgIpc) is 3.32. The Morgan fingerprint density at radius 2 is 1.21 bits per heavy atom. The van der Waals surface area contributed by atoms with E-state index in [2.05, 4.69) is 167 Å². The lowest BCUT2D eigenvalue weighted by atomic mass is 9.79. The molecule has 0 amide bonds. The van der Waals surface area contributed by atoms with Gasteiger partial charge < -0.3 is 0 Å². The van der Waals surface area contributed by atoms with Crippen molar-refractivity contribution in [3.8, 4) is 28.2 Å². The Morgan fingerprint density at radius 3 is 1.85 bits per heavy atom. The summed E-state index contributed by atoms with van der Waals surface area (Å²) in [5, 5.41) is 2.32. The summed E-state index contributed by atoms with van der Waals surface area (Å²) in [5.41, 5.74) is 12.2. The van der Waals surface area contributed by atoms with Crippen molar-refractivity contribution in [2.75, 3.05) is 0 Å². The van der Waals surface area contributed by atoms with Crippen LogP contribution in [0.15, 0.2) is 90.0 Å². The fourth-order valence-electron chi connectivity index (χ4n) is 6.46. The summed E-state index contributed by atoms with van der Waals surface area (Å²) in [7, 11) is 0. The number of pyridine rings is 2. The van der Waals surface area contributed by atoms with Crippen LogP contribution in [0.5, 0.6) is 0 Å². The summed E-state index contributed by atoms with van der Waals surface area (Å²) in [6.07, 6.45) is 1.94. The van der Waals surface area contributed by atoms with E-state index in [9.17, 15) is 0 Å². The molecule has 0 fully saturated rings. The van der Waals surface area contributed by atoms with E-state index in [1.54, 1.807) is 0 Å². The Kier molecular flexibility index (Phi) is 8.23. The number of para-hydroxylation sites is 1. The predicted molar refractivity (Wildman–Crippen MR) is 209 cm³/mol. The molecule has 248 valence electrons. The third kappa shape index (κ3) is 6.32. The number of hydrogen-bond donors (Lipinski definition) is 1. The van der Waals surface area contributed by atoms with E-state index >= 15 is 0 Å². The van der Waals surface area contributed by atoms with Crippen LogP contribution in [0.4, 0.5) is 0 Å². The Morgan fingerprint density at radius 1 is 0.562 bits per heavy atom. The van der Waals surface area contributed by atoms with Gasteiger partial charge in [0.15, 0.2) is 0 Å². The van der Waals surface area contributed by atoms with Crippen molar-refractivity contribution < 1.29 is 0 Å². The summed E-state index contributed by atoms with van der Waals surface area (Å²) in [6, 6.07) is 29.0. The monoisotopic (exact) mass is 653 g/mol. The Labute approximate surface area is 293 Å². The van der Waals surface area contributed by atoms with Gasteiger partial charge in [-0.05, 0) is 98.5 Å². The normalized spacial score (nSPS) is 13.1. The second-order valence-corrected chi connectivity index (χ2v) is 18.0. The second-order valence-electron chi connectivity index (χ2n) is 17.5. The molecule has 0 saturated carbocycles. The topological polar surface area (TPSA) is 30.7 Å². The summed E-state index contributed by atoms with van der Waals surface area (Å²) < 4.78 is 2.34. The molecule has 6 aromatic rings. The molecule has 0 unspecified atom stereocenters. The fraction of sp³-hybridized carbons (Fsp3) is 0.364. The molecule has 0 atom stereocenters. The lowest BCUT2D eigenvalue weighted by molar-refractivity contribution is 0.560. The van der Waals surface area contributed by atoms with Crippen molar-refractivity contribution >= 4 is 34.6 Å². The van der Waals surface area contributed by atoms with Gasteiger partial charge in [0, 0.05) is 38.7 Å². The quantitative estimate of drug-likeness (QED) is 0.193. The summed E-state index contributed by atoms with van der Waals surface area (Å²) in [5.74, 6) is 0. The molecule has 48 heavy (non-hydrogen) atoms. The van der Waals surface area contributed by atoms with Crippen LogP contribution in [-0.2, 0) is 21.7 Å². The van der Waals surface area contributed by atoms with Crippen molar-refractivity contribution in [1.82, 2.24) is 14.5 Å². The first kappa shape index (κ1) is 34.0. The minimum atomic E-state index is -0.0680. The van der Waals surface area contributed by atoms with Crippen LogP contribution < -0.4 is 0 Å². The largest absolute Gasteiger partial charge is 0.294 e. The maximum absolute atomic E-state index is 5.51. The third-order valence-corrected chi connectivity index (χ3v) is 10.0. The molecule has 0 radical (unpaired) electrons. The molecule has 0 aliphatic rings. The molecule has 3 nitrogen and oxygen atoms in total. The number of benzene rings is 3. The van der Waals surface area contributed by atoms with E-state index in [4.69, 9.17) is 22.6 Å². The molecule has 0 aliphatic heterocycles. The first-order chi connectivity index (χ1) is 22.2. The van der Waals surface area contributed by atoms with Crippen LogP contribution in [0.3, 0.4) is 0 Å². The van der Waals surface area contributed by atoms with Crippen LogP contribution in [0.1, 0.15) is 105 Å². The highest BCUT2D eigenvalue weighted by molar-refractivity contribution is 7.80. The smallest absolute Gasteiger partial charge is 0.146 e. The third-order valence-electron chi connectivity index (χ3n) is 9.55. The van der Waals surface area contributed by atoms with Gasteiger partial charge in [-0.2, -0.15) is 0 Å². The van der Waals surface area contributed by atoms with Gasteiger partial charge in [0.2, 0.25) is 0 Å². The molecule has 0 spiro atoms. The second kappa shape index (κ2) is 11.6. The SMILES string of the molecule is CC(C)(C)c1cc(-c2cc(C(C)(C)C)ccn2)cc(-n2c3ccccc3c3ccc(-c4cc(C(C)(C)C)cc(C(C)(C)C)c4S)nc32)c1. The van der Waals surface area contributed by atoms with Crippen molar-refractivity contribution in [1.29, 1.82) is 0 Å². The number of thiol groups is 1. The standard InChI is InChI=1S/C44H51N3S/c1-41(2,3)28-19-20-45-37(26-28)27-21-29(42(4,5)6)23-31(22-27)47-38-16-14-13-15-32(38)33-17-18-36(46-40(33)47)34-24-30(43(7,8)9)25-35(39(34)48)44(10,11)12/h13-26,48H,1-12H3. The fourth-order valence-corrected chi connectivity index (χ4v) is 7.04. The van der Waals surface area contributed by atoms with Gasteiger partial charge in [-0.3, -0.25) is 9.55 Å². The van der Waals surface area contributed by atoms with Crippen molar-refractivity contribution in [2.45, 2.75) is 110 Å². The molecule has 4 heteroatoms. The number of rotatable bonds is 3. The number of nitrogens with zero attached hydrogens (tertiary/aromatic N) is 3. The number of fused-ring (bicyclic) bond motifs is 3. The van der Waals surface area contributed by atoms with Gasteiger partial charge in [0.1, 0.15) is 5.65 Å². The van der Waals surface area contributed by atoms with Crippen molar-refractivity contribution in [3.63, 3.8) is 0 Å². The molecule has 0 saturated heterocycles. The molecule has 0 bridgehead atoms. The van der Waals surface area contributed by atoms with E-state index in [0.717, 1.165) is 49.6 Å². The van der Waals surface area contributed by atoms with Gasteiger partial charge >= 0.3 is 0 Å². The lowest BCUT2D eigenvalue weighted by Gasteiger charge is -2.28. The van der Waals surface area contributed by atoms with Gasteiger partial charge in [-0.25, -0.2) is 4.98 Å². The minimum Gasteiger partial charge on any atom is -0.294 e. The van der Waals surface area contributed by atoms with Crippen LogP contribution in [-0.4, -0.2) is 14.5 Å². The van der Waals surface area contributed by atoms with E-state index in [1.165, 1.54) is 27.6 Å². The Bertz CT molecular complexity index is 2170. The minimum absolute atomic E-state index is 0.0165. The average molecular weight is 654 g/mol. The summed E-state index contributed by atoms with van der Waals surface area (Å²) >= 11 is 5.17. The van der Waals surface area contributed by atoms with E-state index in [0.29, 0.717) is 0 Å². The Hall–Kier alpha value is -3.89. The molecule has 3 aromatic carbocycles. The number of aromatic nitrogens is 3. The highest BCUT2D eigenvalue weighted by Gasteiger charge is 2.26. The van der Waals surface area contributed by atoms with Crippen LogP contribution in [0.25, 0.3) is 50.1 Å². The van der Waals surface area contributed by atoms with Gasteiger partial charge in [-0.1, -0.05) is 107 Å². The maximum atomic E-state index is 5.51. The van der Waals surface area contributed by atoms with Gasteiger partial charge in [0.25, 0.3) is 0 Å².